The molecule has 1 amide bonds. The molecule has 0 fully saturated rings. The maximum absolute atomic E-state index is 13.0. The molecule has 0 radical (unpaired) electrons. The number of nitrogens with one attached hydrogen (secondary N) is 1. The number of carbonyl (C=O) groups excluding carboxylic acids is 1. The first kappa shape index (κ1) is 14.6. The second kappa shape index (κ2) is 6.12. The smallest absolute Gasteiger partial charge is 0.306 e. The molecule has 2 rings (SSSR count). The van der Waals surface area contributed by atoms with Gasteiger partial charge < -0.3 is 5.32 Å². The van der Waals surface area contributed by atoms with Gasteiger partial charge in [0.2, 0.25) is 5.91 Å². The van der Waals surface area contributed by atoms with Crippen LogP contribution in [0.5, 0.6) is 0 Å². The van der Waals surface area contributed by atoms with E-state index in [0.717, 1.165) is 6.20 Å². The number of benzene rings is 1. The van der Waals surface area contributed by atoms with E-state index in [9.17, 15) is 19.3 Å². The summed E-state index contributed by atoms with van der Waals surface area (Å²) in [7, 11) is 0. The molecule has 1 atom stereocenters. The minimum atomic E-state index is -0.555. The lowest BCUT2D eigenvalue weighted by Crippen LogP contribution is -2.24. The van der Waals surface area contributed by atoms with Gasteiger partial charge in [0.15, 0.2) is 0 Å². The zero-order chi connectivity index (χ0) is 15.4. The highest BCUT2D eigenvalue weighted by atomic mass is 19.1. The second-order valence-corrected chi connectivity index (χ2v) is 4.58. The third-order valence-electron chi connectivity index (χ3n) is 2.83. The minimum Gasteiger partial charge on any atom is -0.326 e. The molecule has 0 saturated carbocycles. The Hall–Kier alpha value is -2.77. The monoisotopic (exact) mass is 292 g/mol. The quantitative estimate of drug-likeness (QED) is 0.675. The maximum atomic E-state index is 13.0. The van der Waals surface area contributed by atoms with E-state index >= 15 is 0 Å². The first-order valence-corrected chi connectivity index (χ1v) is 6.19. The number of amides is 1. The van der Waals surface area contributed by atoms with E-state index in [1.807, 2.05) is 0 Å². The lowest BCUT2D eigenvalue weighted by atomic mass is 10.1. The van der Waals surface area contributed by atoms with E-state index in [1.165, 1.54) is 29.1 Å². The zero-order valence-electron chi connectivity index (χ0n) is 11.2. The van der Waals surface area contributed by atoms with Crippen LogP contribution in [-0.2, 0) is 11.3 Å². The van der Waals surface area contributed by atoms with Crippen molar-refractivity contribution in [1.29, 1.82) is 0 Å². The standard InChI is InChI=1S/C13H13FN4O3/c1-9(7-17-8-12(6-15-17)18(20)21)13(19)16-11-4-2-3-10(14)5-11/h2-6,8-9H,7H2,1H3,(H,16,19)/t9-/m1/s1. The van der Waals surface area contributed by atoms with Gasteiger partial charge >= 0.3 is 5.69 Å². The summed E-state index contributed by atoms with van der Waals surface area (Å²) < 4.78 is 14.3. The number of halogens is 1. The van der Waals surface area contributed by atoms with Crippen molar-refractivity contribution < 1.29 is 14.1 Å². The number of hydrogen-bond donors (Lipinski definition) is 1. The van der Waals surface area contributed by atoms with Crippen molar-refractivity contribution in [2.75, 3.05) is 5.32 Å². The Labute approximate surface area is 119 Å². The van der Waals surface area contributed by atoms with Crippen LogP contribution in [0.3, 0.4) is 0 Å². The molecule has 2 aromatic rings. The molecule has 0 unspecified atom stereocenters. The Balaban J connectivity index is 1.97. The summed E-state index contributed by atoms with van der Waals surface area (Å²) in [5, 5.41) is 16.9. The Morgan fingerprint density at radius 1 is 1.57 bits per heavy atom. The van der Waals surface area contributed by atoms with Gasteiger partial charge in [0.1, 0.15) is 18.2 Å². The van der Waals surface area contributed by atoms with Gasteiger partial charge in [0, 0.05) is 5.69 Å². The molecule has 0 spiro atoms. The van der Waals surface area contributed by atoms with Crippen molar-refractivity contribution in [3.05, 3.63) is 52.6 Å². The number of nitro groups is 1. The first-order valence-electron chi connectivity index (χ1n) is 6.19. The number of hydrogen-bond acceptors (Lipinski definition) is 4. The summed E-state index contributed by atoms with van der Waals surface area (Å²) in [6.07, 6.45) is 2.38. The summed E-state index contributed by atoms with van der Waals surface area (Å²) in [5.74, 6) is -1.24. The zero-order valence-corrected chi connectivity index (χ0v) is 11.2. The van der Waals surface area contributed by atoms with Crippen LogP contribution in [0.2, 0.25) is 0 Å². The van der Waals surface area contributed by atoms with Crippen LogP contribution in [0.4, 0.5) is 15.8 Å². The lowest BCUT2D eigenvalue weighted by Gasteiger charge is -2.12. The fourth-order valence-electron chi connectivity index (χ4n) is 1.74. The molecule has 0 aliphatic rings. The SMILES string of the molecule is C[C@H](Cn1cc([N+](=O)[O-])cn1)C(=O)Nc1cccc(F)c1. The topological polar surface area (TPSA) is 90.1 Å². The summed E-state index contributed by atoms with van der Waals surface area (Å²) >= 11 is 0. The molecule has 1 aromatic carbocycles. The first-order chi connectivity index (χ1) is 9.95. The van der Waals surface area contributed by atoms with Gasteiger partial charge in [-0.15, -0.1) is 0 Å². The van der Waals surface area contributed by atoms with Gasteiger partial charge in [-0.25, -0.2) is 4.39 Å². The molecule has 7 nitrogen and oxygen atoms in total. The Morgan fingerprint density at radius 3 is 2.95 bits per heavy atom. The van der Waals surface area contributed by atoms with Gasteiger partial charge in [-0.3, -0.25) is 19.6 Å². The van der Waals surface area contributed by atoms with Gasteiger partial charge in [0.05, 0.1) is 17.4 Å². The fourth-order valence-corrected chi connectivity index (χ4v) is 1.74. The normalized spacial score (nSPS) is 11.9. The number of nitrogens with zero attached hydrogens (tertiary/aromatic N) is 3. The van der Waals surface area contributed by atoms with Crippen molar-refractivity contribution in [2.24, 2.45) is 5.92 Å². The fraction of sp³-hybridized carbons (Fsp3) is 0.231. The highest BCUT2D eigenvalue weighted by Gasteiger charge is 2.16. The predicted octanol–water partition coefficient (Wildman–Crippen LogP) is 2.21. The molecule has 0 aliphatic carbocycles. The molecule has 8 heteroatoms. The Kier molecular flexibility index (Phi) is 4.27. The highest BCUT2D eigenvalue weighted by Crippen LogP contribution is 2.13. The van der Waals surface area contributed by atoms with Crippen LogP contribution in [0, 0.1) is 21.8 Å². The van der Waals surface area contributed by atoms with Gasteiger partial charge in [-0.05, 0) is 18.2 Å². The molecule has 1 heterocycles. The minimum absolute atomic E-state index is 0.132. The van der Waals surface area contributed by atoms with Crippen LogP contribution in [0.15, 0.2) is 36.7 Å². The third kappa shape index (κ3) is 3.85. The molecule has 0 bridgehead atoms. The molecule has 0 saturated heterocycles. The van der Waals surface area contributed by atoms with E-state index in [1.54, 1.807) is 13.0 Å². The maximum Gasteiger partial charge on any atom is 0.306 e. The molecule has 1 N–H and O–H groups in total. The number of aromatic nitrogens is 2. The Morgan fingerprint density at radius 2 is 2.33 bits per heavy atom. The average molecular weight is 292 g/mol. The summed E-state index contributed by atoms with van der Waals surface area (Å²) in [5.41, 5.74) is 0.228. The van der Waals surface area contributed by atoms with Crippen LogP contribution in [0.25, 0.3) is 0 Å². The molecule has 0 aliphatic heterocycles. The molecular formula is C13H13FN4O3. The van der Waals surface area contributed by atoms with Gasteiger partial charge in [-0.2, -0.15) is 5.10 Å². The van der Waals surface area contributed by atoms with Crippen LogP contribution in [-0.4, -0.2) is 20.6 Å². The second-order valence-electron chi connectivity index (χ2n) is 4.58. The van der Waals surface area contributed by atoms with Crippen LogP contribution >= 0.6 is 0 Å². The number of carbonyl (C=O) groups is 1. The van der Waals surface area contributed by atoms with E-state index < -0.39 is 16.7 Å². The van der Waals surface area contributed by atoms with Crippen LogP contribution < -0.4 is 5.32 Å². The van der Waals surface area contributed by atoms with Crippen molar-refractivity contribution in [2.45, 2.75) is 13.5 Å². The predicted molar refractivity (Wildman–Crippen MR) is 73.1 cm³/mol. The van der Waals surface area contributed by atoms with Crippen molar-refractivity contribution in [3.8, 4) is 0 Å². The van der Waals surface area contributed by atoms with Gasteiger partial charge in [-0.1, -0.05) is 13.0 Å². The highest BCUT2D eigenvalue weighted by molar-refractivity contribution is 5.92. The van der Waals surface area contributed by atoms with Crippen molar-refractivity contribution in [1.82, 2.24) is 9.78 Å². The molecule has 21 heavy (non-hydrogen) atoms. The van der Waals surface area contributed by atoms with E-state index in [4.69, 9.17) is 0 Å². The molecule has 1 aromatic heterocycles. The number of anilines is 1. The van der Waals surface area contributed by atoms with E-state index in [0.29, 0.717) is 5.69 Å². The van der Waals surface area contributed by atoms with E-state index in [2.05, 4.69) is 10.4 Å². The third-order valence-corrected chi connectivity index (χ3v) is 2.83. The summed E-state index contributed by atoms with van der Waals surface area (Å²) in [4.78, 5) is 22.0. The lowest BCUT2D eigenvalue weighted by molar-refractivity contribution is -0.385. The van der Waals surface area contributed by atoms with Crippen molar-refractivity contribution >= 4 is 17.3 Å². The Bertz CT molecular complexity index is 671. The number of rotatable bonds is 5. The average Bonchev–Trinajstić information content (AvgIpc) is 2.87. The van der Waals surface area contributed by atoms with Crippen molar-refractivity contribution in [3.63, 3.8) is 0 Å². The van der Waals surface area contributed by atoms with Gasteiger partial charge in [0.25, 0.3) is 0 Å². The summed E-state index contributed by atoms with van der Waals surface area (Å²) in [6.45, 7) is 1.84. The molecular weight excluding hydrogens is 279 g/mol. The van der Waals surface area contributed by atoms with Crippen LogP contribution in [0.1, 0.15) is 6.92 Å². The molecule has 110 valence electrons. The summed E-state index contributed by atoms with van der Waals surface area (Å²) in [6, 6.07) is 5.56. The largest absolute Gasteiger partial charge is 0.326 e. The van der Waals surface area contributed by atoms with E-state index in [-0.39, 0.29) is 18.1 Å².